The van der Waals surface area contributed by atoms with E-state index >= 15 is 0 Å². The van der Waals surface area contributed by atoms with Gasteiger partial charge in [0.15, 0.2) is 0 Å². The summed E-state index contributed by atoms with van der Waals surface area (Å²) in [6, 6.07) is 10.0. The average Bonchev–Trinajstić information content (AvgIpc) is 2.55. The fourth-order valence-corrected chi connectivity index (χ4v) is 2.63. The highest BCUT2D eigenvalue weighted by molar-refractivity contribution is 6.00. The maximum Gasteiger partial charge on any atom is 0.334 e. The van der Waals surface area contributed by atoms with Crippen LogP contribution in [0.4, 0.5) is 0 Å². The lowest BCUT2D eigenvalue weighted by molar-refractivity contribution is -0.138. The van der Waals surface area contributed by atoms with Gasteiger partial charge in [-0.2, -0.15) is 0 Å². The largest absolute Gasteiger partial charge is 0.463 e. The van der Waals surface area contributed by atoms with Gasteiger partial charge >= 0.3 is 5.97 Å². The van der Waals surface area contributed by atoms with Crippen LogP contribution in [0.1, 0.15) is 25.3 Å². The Bertz CT molecular complexity index is 599. The highest BCUT2D eigenvalue weighted by atomic mass is 16.5. The molecule has 116 valence electrons. The van der Waals surface area contributed by atoms with Crippen molar-refractivity contribution in [3.8, 4) is 0 Å². The Kier molecular flexibility index (Phi) is 5.59. The molecule has 0 saturated heterocycles. The Labute approximate surface area is 132 Å². The summed E-state index contributed by atoms with van der Waals surface area (Å²) in [4.78, 5) is 14.4. The maximum atomic E-state index is 12.2. The van der Waals surface area contributed by atoms with Crippen LogP contribution in [0.2, 0.25) is 0 Å². The van der Waals surface area contributed by atoms with Crippen LogP contribution in [0.3, 0.4) is 0 Å². The second kappa shape index (κ2) is 7.64. The normalized spacial score (nSPS) is 14.4. The van der Waals surface area contributed by atoms with Gasteiger partial charge in [-0.05, 0) is 37.0 Å². The molecule has 0 atom stereocenters. The topological polar surface area (TPSA) is 29.5 Å². The van der Waals surface area contributed by atoms with E-state index in [9.17, 15) is 4.79 Å². The molecule has 1 aromatic carbocycles. The molecule has 3 nitrogen and oxygen atoms in total. The number of likely N-dealkylation sites (N-methyl/N-ethyl adjacent to an activating group) is 1. The molecular weight excluding hydrogens is 274 g/mol. The molecule has 0 spiro atoms. The predicted molar refractivity (Wildman–Crippen MR) is 90.1 cm³/mol. The zero-order valence-electron chi connectivity index (χ0n) is 13.3. The Hall–Kier alpha value is -2.29. The number of carbonyl (C=O) groups excluding carboxylic acids is 1. The first kappa shape index (κ1) is 16.1. The summed E-state index contributed by atoms with van der Waals surface area (Å²) < 4.78 is 5.22. The number of benzene rings is 1. The maximum absolute atomic E-state index is 12.2. The number of allylic oxidation sites excluding steroid dienone is 3. The minimum absolute atomic E-state index is 0.206. The second-order valence-electron chi connectivity index (χ2n) is 5.28. The molecule has 0 fully saturated rings. The van der Waals surface area contributed by atoms with Gasteiger partial charge in [-0.1, -0.05) is 36.4 Å². The third-order valence-corrected chi connectivity index (χ3v) is 3.77. The summed E-state index contributed by atoms with van der Waals surface area (Å²) in [7, 11) is 2.05. The molecule has 0 amide bonds. The molecule has 0 unspecified atom stereocenters. The summed E-state index contributed by atoms with van der Waals surface area (Å²) in [6.45, 7) is 6.82. The van der Waals surface area contributed by atoms with Crippen molar-refractivity contribution in [3.63, 3.8) is 0 Å². The minimum atomic E-state index is -0.206. The molecule has 1 aliphatic carbocycles. The number of carbonyl (C=O) groups is 1. The van der Waals surface area contributed by atoms with Crippen LogP contribution in [0.5, 0.6) is 0 Å². The van der Waals surface area contributed by atoms with E-state index in [0.29, 0.717) is 13.0 Å². The lowest BCUT2D eigenvalue weighted by Crippen LogP contribution is -2.21. The molecular formula is C19H23NO2. The Morgan fingerprint density at radius 2 is 2.05 bits per heavy atom. The van der Waals surface area contributed by atoms with Gasteiger partial charge in [0.1, 0.15) is 0 Å². The monoisotopic (exact) mass is 297 g/mol. The van der Waals surface area contributed by atoms with E-state index in [1.807, 2.05) is 50.4 Å². The number of hydrogen-bond acceptors (Lipinski definition) is 3. The molecule has 0 saturated carbocycles. The molecule has 1 aliphatic rings. The summed E-state index contributed by atoms with van der Waals surface area (Å²) in [6.07, 6.45) is 5.54. The van der Waals surface area contributed by atoms with Crippen molar-refractivity contribution in [2.45, 2.75) is 19.8 Å². The van der Waals surface area contributed by atoms with E-state index in [4.69, 9.17) is 4.74 Å². The third-order valence-electron chi connectivity index (χ3n) is 3.77. The lowest BCUT2D eigenvalue weighted by Gasteiger charge is -2.26. The number of esters is 1. The van der Waals surface area contributed by atoms with Crippen LogP contribution in [0, 0.1) is 0 Å². The van der Waals surface area contributed by atoms with E-state index < -0.39 is 0 Å². The first-order valence-corrected chi connectivity index (χ1v) is 7.65. The molecule has 22 heavy (non-hydrogen) atoms. The van der Waals surface area contributed by atoms with Gasteiger partial charge in [0.25, 0.3) is 0 Å². The van der Waals surface area contributed by atoms with Crippen LogP contribution < -0.4 is 0 Å². The number of rotatable bonds is 6. The van der Waals surface area contributed by atoms with Gasteiger partial charge < -0.3 is 9.64 Å². The van der Waals surface area contributed by atoms with Crippen molar-refractivity contribution in [2.24, 2.45) is 0 Å². The molecule has 1 aromatic rings. The fraction of sp³-hybridized carbons (Fsp3) is 0.316. The highest BCUT2D eigenvalue weighted by Crippen LogP contribution is 2.32. The summed E-state index contributed by atoms with van der Waals surface area (Å²) in [5.74, 6) is -0.206. The van der Waals surface area contributed by atoms with Crippen LogP contribution in [0.15, 0.2) is 60.3 Å². The number of hydrogen-bond donors (Lipinski definition) is 0. The van der Waals surface area contributed by atoms with Gasteiger partial charge in [0, 0.05) is 24.9 Å². The molecule has 0 aromatic heterocycles. The van der Waals surface area contributed by atoms with E-state index in [2.05, 4.69) is 17.6 Å². The van der Waals surface area contributed by atoms with Crippen molar-refractivity contribution >= 4 is 11.5 Å². The van der Waals surface area contributed by atoms with Gasteiger partial charge in [0.05, 0.1) is 6.61 Å². The molecule has 3 heteroatoms. The Balaban J connectivity index is 2.44. The molecule has 2 rings (SSSR count). The molecule has 0 aliphatic heterocycles. The Morgan fingerprint density at radius 1 is 1.32 bits per heavy atom. The average molecular weight is 297 g/mol. The van der Waals surface area contributed by atoms with Gasteiger partial charge in [-0.25, -0.2) is 4.79 Å². The SMILES string of the molecule is C=CCN(C)C1=CC(c2ccccc2)=C(C(=O)OCC)CC1. The quantitative estimate of drug-likeness (QED) is 0.591. The van der Waals surface area contributed by atoms with E-state index in [1.165, 1.54) is 5.70 Å². The summed E-state index contributed by atoms with van der Waals surface area (Å²) in [5, 5.41) is 0. The molecule has 0 radical (unpaired) electrons. The van der Waals surface area contributed by atoms with Crippen LogP contribution in [0.25, 0.3) is 5.57 Å². The van der Waals surface area contributed by atoms with E-state index in [-0.39, 0.29) is 5.97 Å². The Morgan fingerprint density at radius 3 is 2.68 bits per heavy atom. The summed E-state index contributed by atoms with van der Waals surface area (Å²) in [5.41, 5.74) is 4.00. The van der Waals surface area contributed by atoms with Crippen molar-refractivity contribution in [1.82, 2.24) is 4.90 Å². The van der Waals surface area contributed by atoms with Crippen molar-refractivity contribution < 1.29 is 9.53 Å². The highest BCUT2D eigenvalue weighted by Gasteiger charge is 2.22. The minimum Gasteiger partial charge on any atom is -0.463 e. The smallest absolute Gasteiger partial charge is 0.334 e. The van der Waals surface area contributed by atoms with E-state index in [1.54, 1.807) is 0 Å². The van der Waals surface area contributed by atoms with Crippen LogP contribution in [-0.2, 0) is 9.53 Å². The van der Waals surface area contributed by atoms with Gasteiger partial charge in [-0.3, -0.25) is 0 Å². The standard InChI is InChI=1S/C19H23NO2/c1-4-13-20(3)16-11-12-17(19(21)22-5-2)18(14-16)15-9-7-6-8-10-15/h4,6-10,14H,1,5,11-13H2,2-3H3. The molecule has 0 bridgehead atoms. The van der Waals surface area contributed by atoms with Crippen LogP contribution >= 0.6 is 0 Å². The predicted octanol–water partition coefficient (Wildman–Crippen LogP) is 3.80. The van der Waals surface area contributed by atoms with Crippen LogP contribution in [-0.4, -0.2) is 31.1 Å². The molecule has 0 heterocycles. The lowest BCUT2D eigenvalue weighted by atomic mass is 9.90. The zero-order valence-corrected chi connectivity index (χ0v) is 13.3. The second-order valence-corrected chi connectivity index (χ2v) is 5.28. The fourth-order valence-electron chi connectivity index (χ4n) is 2.63. The van der Waals surface area contributed by atoms with Crippen molar-refractivity contribution in [3.05, 3.63) is 65.9 Å². The zero-order chi connectivity index (χ0) is 15.9. The van der Waals surface area contributed by atoms with Crippen molar-refractivity contribution in [2.75, 3.05) is 20.2 Å². The molecule has 0 N–H and O–H groups in total. The summed E-state index contributed by atoms with van der Waals surface area (Å²) >= 11 is 0. The third kappa shape index (κ3) is 3.67. The first-order valence-electron chi connectivity index (χ1n) is 7.65. The number of ether oxygens (including phenoxy) is 1. The first-order chi connectivity index (χ1) is 10.7. The van der Waals surface area contributed by atoms with Crippen molar-refractivity contribution in [1.29, 1.82) is 0 Å². The van der Waals surface area contributed by atoms with Gasteiger partial charge in [-0.15, -0.1) is 6.58 Å². The van der Waals surface area contributed by atoms with E-state index in [0.717, 1.165) is 29.7 Å². The van der Waals surface area contributed by atoms with Gasteiger partial charge in [0.2, 0.25) is 0 Å². The number of nitrogens with zero attached hydrogens (tertiary/aromatic N) is 1.